The third-order valence-corrected chi connectivity index (χ3v) is 7.75. The fraction of sp³-hybridized carbons (Fsp3) is 0.259. The van der Waals surface area contributed by atoms with E-state index in [0.29, 0.717) is 44.4 Å². The summed E-state index contributed by atoms with van der Waals surface area (Å²) in [5.74, 6) is 0.183. The number of rotatable bonds is 11. The Hall–Kier alpha value is -1.89. The zero-order chi connectivity index (χ0) is 26.1. The van der Waals surface area contributed by atoms with Gasteiger partial charge in [-0.05, 0) is 47.9 Å². The maximum absolute atomic E-state index is 13.6. The Balaban J connectivity index is 1.88. The Bertz CT molecular complexity index is 1170. The number of amides is 2. The van der Waals surface area contributed by atoms with E-state index in [1.807, 2.05) is 37.3 Å². The van der Waals surface area contributed by atoms with Crippen LogP contribution in [0.2, 0.25) is 20.1 Å². The molecule has 0 saturated heterocycles. The molecule has 0 saturated carbocycles. The molecule has 3 aromatic carbocycles. The van der Waals surface area contributed by atoms with Gasteiger partial charge in [-0.1, -0.05) is 88.9 Å². The molecule has 0 aliphatic heterocycles. The Morgan fingerprint density at radius 3 is 2.25 bits per heavy atom. The molecule has 0 aliphatic carbocycles. The van der Waals surface area contributed by atoms with Gasteiger partial charge in [0, 0.05) is 45.4 Å². The highest BCUT2D eigenvalue weighted by molar-refractivity contribution is 7.99. The van der Waals surface area contributed by atoms with Crippen LogP contribution in [0.1, 0.15) is 23.6 Å². The fourth-order valence-corrected chi connectivity index (χ4v) is 5.79. The van der Waals surface area contributed by atoms with Crippen molar-refractivity contribution in [3.63, 3.8) is 0 Å². The second kappa shape index (κ2) is 14.2. The number of carbonyl (C=O) groups is 2. The molecule has 190 valence electrons. The zero-order valence-electron chi connectivity index (χ0n) is 19.6. The van der Waals surface area contributed by atoms with Crippen molar-refractivity contribution in [3.8, 4) is 0 Å². The predicted molar refractivity (Wildman–Crippen MR) is 152 cm³/mol. The third-order valence-electron chi connectivity index (χ3n) is 5.51. The number of benzene rings is 3. The first-order valence-electron chi connectivity index (χ1n) is 11.4. The molecule has 9 heteroatoms. The van der Waals surface area contributed by atoms with Crippen molar-refractivity contribution in [2.45, 2.75) is 31.7 Å². The molecule has 0 fully saturated rings. The molecule has 36 heavy (non-hydrogen) atoms. The predicted octanol–water partition coefficient (Wildman–Crippen LogP) is 7.31. The Morgan fingerprint density at radius 1 is 0.917 bits per heavy atom. The lowest BCUT2D eigenvalue weighted by molar-refractivity contribution is -0.139. The molecule has 1 atom stereocenters. The Kier molecular flexibility index (Phi) is 11.3. The van der Waals surface area contributed by atoms with E-state index >= 15 is 0 Å². The van der Waals surface area contributed by atoms with Crippen molar-refractivity contribution in [2.24, 2.45) is 0 Å². The van der Waals surface area contributed by atoms with Crippen molar-refractivity contribution in [1.29, 1.82) is 0 Å². The lowest BCUT2D eigenvalue weighted by atomic mass is 10.0. The largest absolute Gasteiger partial charge is 0.355 e. The molecule has 0 aliphatic rings. The first-order valence-corrected chi connectivity index (χ1v) is 14.0. The first kappa shape index (κ1) is 28.7. The molecular weight excluding hydrogens is 558 g/mol. The van der Waals surface area contributed by atoms with Gasteiger partial charge in [0.2, 0.25) is 11.8 Å². The summed E-state index contributed by atoms with van der Waals surface area (Å²) in [5, 5.41) is 4.92. The molecule has 0 radical (unpaired) electrons. The normalized spacial score (nSPS) is 11.7. The van der Waals surface area contributed by atoms with Crippen LogP contribution in [0, 0.1) is 0 Å². The van der Waals surface area contributed by atoms with Crippen LogP contribution in [0.4, 0.5) is 0 Å². The lowest BCUT2D eigenvalue weighted by Crippen LogP contribution is -2.51. The molecule has 0 unspecified atom stereocenters. The SMILES string of the molecule is CCNC(=O)[C@H](Cc1ccccc1)N(Cc1ccc(Cl)cc1Cl)C(=O)CSCc1c(Cl)cccc1Cl. The average Bonchev–Trinajstić information content (AvgIpc) is 2.85. The minimum atomic E-state index is -0.726. The van der Waals surface area contributed by atoms with E-state index < -0.39 is 6.04 Å². The second-order valence-corrected chi connectivity index (χ2v) is 10.7. The lowest BCUT2D eigenvalue weighted by Gasteiger charge is -2.31. The highest BCUT2D eigenvalue weighted by Gasteiger charge is 2.30. The summed E-state index contributed by atoms with van der Waals surface area (Å²) in [6, 6.07) is 19.3. The quantitative estimate of drug-likeness (QED) is 0.257. The van der Waals surface area contributed by atoms with Crippen LogP contribution < -0.4 is 5.32 Å². The molecule has 0 bridgehead atoms. The molecule has 3 aromatic rings. The van der Waals surface area contributed by atoms with E-state index in [9.17, 15) is 9.59 Å². The van der Waals surface area contributed by atoms with Crippen molar-refractivity contribution in [2.75, 3.05) is 12.3 Å². The average molecular weight is 584 g/mol. The number of thioether (sulfide) groups is 1. The molecule has 0 heterocycles. The maximum atomic E-state index is 13.6. The monoisotopic (exact) mass is 582 g/mol. The minimum absolute atomic E-state index is 0.136. The van der Waals surface area contributed by atoms with Gasteiger partial charge in [-0.15, -0.1) is 11.8 Å². The van der Waals surface area contributed by atoms with E-state index in [2.05, 4.69) is 5.32 Å². The van der Waals surface area contributed by atoms with E-state index in [1.54, 1.807) is 41.3 Å². The van der Waals surface area contributed by atoms with Gasteiger partial charge in [0.1, 0.15) is 6.04 Å². The molecular formula is C27H26Cl4N2O2S. The van der Waals surface area contributed by atoms with Crippen LogP contribution in [0.3, 0.4) is 0 Å². The van der Waals surface area contributed by atoms with Gasteiger partial charge in [0.25, 0.3) is 0 Å². The molecule has 0 aromatic heterocycles. The summed E-state index contributed by atoms with van der Waals surface area (Å²) in [6.45, 7) is 2.47. The molecule has 4 nitrogen and oxygen atoms in total. The van der Waals surface area contributed by atoms with Crippen LogP contribution in [-0.4, -0.2) is 35.1 Å². The Morgan fingerprint density at radius 2 is 1.61 bits per heavy atom. The number of nitrogens with zero attached hydrogens (tertiary/aromatic N) is 1. The number of likely N-dealkylation sites (N-methyl/N-ethyl adjacent to an activating group) is 1. The summed E-state index contributed by atoms with van der Waals surface area (Å²) in [5.41, 5.74) is 2.43. The van der Waals surface area contributed by atoms with Crippen molar-refractivity contribution in [3.05, 3.63) is 104 Å². The molecule has 1 N–H and O–H groups in total. The fourth-order valence-electron chi connectivity index (χ4n) is 3.67. The van der Waals surface area contributed by atoms with Crippen molar-refractivity contribution in [1.82, 2.24) is 10.2 Å². The van der Waals surface area contributed by atoms with Crippen LogP contribution >= 0.6 is 58.2 Å². The zero-order valence-corrected chi connectivity index (χ0v) is 23.5. The van der Waals surface area contributed by atoms with Gasteiger partial charge >= 0.3 is 0 Å². The Labute approximate surface area is 236 Å². The van der Waals surface area contributed by atoms with Crippen LogP contribution in [0.25, 0.3) is 0 Å². The smallest absolute Gasteiger partial charge is 0.243 e. The third kappa shape index (κ3) is 8.06. The summed E-state index contributed by atoms with van der Waals surface area (Å²) in [6.07, 6.45) is 0.366. The summed E-state index contributed by atoms with van der Waals surface area (Å²) < 4.78 is 0. The van der Waals surface area contributed by atoms with Crippen LogP contribution in [0.5, 0.6) is 0 Å². The molecule has 0 spiro atoms. The molecule has 3 rings (SSSR count). The van der Waals surface area contributed by atoms with Crippen LogP contribution in [-0.2, 0) is 28.3 Å². The summed E-state index contributed by atoms with van der Waals surface area (Å²) in [4.78, 5) is 28.4. The number of halogens is 4. The van der Waals surface area contributed by atoms with E-state index in [0.717, 1.165) is 11.1 Å². The van der Waals surface area contributed by atoms with Gasteiger partial charge in [-0.2, -0.15) is 0 Å². The van der Waals surface area contributed by atoms with Crippen molar-refractivity contribution < 1.29 is 9.59 Å². The van der Waals surface area contributed by atoms with Gasteiger partial charge in [0.15, 0.2) is 0 Å². The molecule has 2 amide bonds. The number of nitrogens with one attached hydrogen (secondary N) is 1. The summed E-state index contributed by atoms with van der Waals surface area (Å²) in [7, 11) is 0. The number of hydrogen-bond donors (Lipinski definition) is 1. The minimum Gasteiger partial charge on any atom is -0.355 e. The highest BCUT2D eigenvalue weighted by Crippen LogP contribution is 2.29. The number of carbonyl (C=O) groups excluding carboxylic acids is 2. The maximum Gasteiger partial charge on any atom is 0.243 e. The van der Waals surface area contributed by atoms with Gasteiger partial charge in [-0.25, -0.2) is 0 Å². The van der Waals surface area contributed by atoms with Gasteiger partial charge in [-0.3, -0.25) is 9.59 Å². The van der Waals surface area contributed by atoms with Gasteiger partial charge < -0.3 is 10.2 Å². The topological polar surface area (TPSA) is 49.4 Å². The van der Waals surface area contributed by atoms with E-state index in [-0.39, 0.29) is 24.1 Å². The highest BCUT2D eigenvalue weighted by atomic mass is 35.5. The first-order chi connectivity index (χ1) is 17.3. The second-order valence-electron chi connectivity index (χ2n) is 8.05. The standard InChI is InChI=1S/C27H26Cl4N2O2S/c1-2-32-27(35)25(13-18-7-4-3-5-8-18)33(15-19-11-12-20(28)14-24(19)31)26(34)17-36-16-21-22(29)9-6-10-23(21)30/h3-12,14,25H,2,13,15-17H2,1H3,(H,32,35)/t25-/m0/s1. The van der Waals surface area contributed by atoms with Crippen LogP contribution in [0.15, 0.2) is 66.7 Å². The van der Waals surface area contributed by atoms with Crippen molar-refractivity contribution >= 4 is 70.0 Å². The van der Waals surface area contributed by atoms with Gasteiger partial charge in [0.05, 0.1) is 5.75 Å². The van der Waals surface area contributed by atoms with E-state index in [1.165, 1.54) is 11.8 Å². The van der Waals surface area contributed by atoms with E-state index in [4.69, 9.17) is 46.4 Å². The number of hydrogen-bond acceptors (Lipinski definition) is 3. The summed E-state index contributed by atoms with van der Waals surface area (Å²) >= 11 is 26.5.